The van der Waals surface area contributed by atoms with E-state index >= 15 is 0 Å². The van der Waals surface area contributed by atoms with Crippen LogP contribution in [0.5, 0.6) is 11.5 Å². The summed E-state index contributed by atoms with van der Waals surface area (Å²) in [6.45, 7) is 2.95. The number of rotatable bonds is 7. The first-order chi connectivity index (χ1) is 15.2. The number of hydrogen-bond donors (Lipinski definition) is 1. The first-order valence-electron chi connectivity index (χ1n) is 11.2. The molecule has 1 N–H and O–H groups in total. The number of ether oxygens (including phenoxy) is 3. The van der Waals surface area contributed by atoms with Gasteiger partial charge >= 0.3 is 5.97 Å². The lowest BCUT2D eigenvalue weighted by Crippen LogP contribution is -2.39. The zero-order valence-electron chi connectivity index (χ0n) is 17.8. The molecule has 2 fully saturated rings. The molecule has 0 saturated carbocycles. The third-order valence-electron chi connectivity index (χ3n) is 6.62. The Morgan fingerprint density at radius 3 is 2.77 bits per heavy atom. The van der Waals surface area contributed by atoms with Crippen LogP contribution < -0.4 is 9.47 Å². The van der Waals surface area contributed by atoms with Gasteiger partial charge in [0.1, 0.15) is 0 Å². The Morgan fingerprint density at radius 2 is 2.00 bits per heavy atom. The van der Waals surface area contributed by atoms with Gasteiger partial charge in [0.15, 0.2) is 11.5 Å². The van der Waals surface area contributed by atoms with Crippen LogP contribution >= 0.6 is 23.5 Å². The molecule has 5 nitrogen and oxygen atoms in total. The maximum Gasteiger partial charge on any atom is 0.310 e. The van der Waals surface area contributed by atoms with Gasteiger partial charge in [0.2, 0.25) is 6.79 Å². The molecule has 31 heavy (non-hydrogen) atoms. The molecule has 1 aromatic carbocycles. The number of carbonyl (C=O) groups excluding carboxylic acids is 1. The SMILES string of the molecule is CCCC[C@H](c1ccc[nH]1)[C@H]1C(=O)OC[C@@H]1C1(c2ccc3c(c2)OCO3)SCCCS1. The fourth-order valence-electron chi connectivity index (χ4n) is 5.11. The van der Waals surface area contributed by atoms with Crippen molar-refractivity contribution in [1.82, 2.24) is 4.98 Å². The number of aromatic amines is 1. The average Bonchev–Trinajstić information content (AvgIpc) is 3.56. The van der Waals surface area contributed by atoms with Crippen LogP contribution in [0, 0.1) is 11.8 Å². The quantitative estimate of drug-likeness (QED) is 0.550. The highest BCUT2D eigenvalue weighted by atomic mass is 32.2. The highest BCUT2D eigenvalue weighted by molar-refractivity contribution is 8.18. The number of nitrogens with one attached hydrogen (secondary N) is 1. The van der Waals surface area contributed by atoms with Gasteiger partial charge in [0, 0.05) is 23.7 Å². The molecule has 1 aromatic heterocycles. The lowest BCUT2D eigenvalue weighted by Gasteiger charge is -2.43. The Balaban J connectivity index is 1.56. The fraction of sp³-hybridized carbons (Fsp3) is 0.542. The molecule has 166 valence electrons. The second-order valence-corrected chi connectivity index (χ2v) is 11.4. The average molecular weight is 460 g/mol. The zero-order valence-corrected chi connectivity index (χ0v) is 19.4. The molecule has 4 heterocycles. The summed E-state index contributed by atoms with van der Waals surface area (Å²) in [6.07, 6.45) is 6.34. The van der Waals surface area contributed by atoms with E-state index in [1.165, 1.54) is 12.0 Å². The number of thioether (sulfide) groups is 2. The van der Waals surface area contributed by atoms with Crippen LogP contribution in [0.4, 0.5) is 0 Å². The van der Waals surface area contributed by atoms with Crippen molar-refractivity contribution in [2.24, 2.45) is 11.8 Å². The molecule has 2 saturated heterocycles. The lowest BCUT2D eigenvalue weighted by atomic mass is 9.76. The molecule has 3 aliphatic heterocycles. The molecule has 0 unspecified atom stereocenters. The molecule has 0 amide bonds. The van der Waals surface area contributed by atoms with Crippen molar-refractivity contribution in [1.29, 1.82) is 0 Å². The summed E-state index contributed by atoms with van der Waals surface area (Å²) in [5, 5.41) is 0. The maximum absolute atomic E-state index is 13.2. The van der Waals surface area contributed by atoms with Gasteiger partial charge in [-0.3, -0.25) is 4.79 Å². The van der Waals surface area contributed by atoms with Gasteiger partial charge in [-0.2, -0.15) is 0 Å². The summed E-state index contributed by atoms with van der Waals surface area (Å²) in [7, 11) is 0. The van der Waals surface area contributed by atoms with Gasteiger partial charge in [0.05, 0.1) is 16.6 Å². The van der Waals surface area contributed by atoms with E-state index in [9.17, 15) is 4.79 Å². The van der Waals surface area contributed by atoms with Crippen molar-refractivity contribution in [3.05, 3.63) is 47.8 Å². The number of aromatic nitrogens is 1. The predicted octanol–water partition coefficient (Wildman–Crippen LogP) is 5.53. The molecule has 0 bridgehead atoms. The minimum Gasteiger partial charge on any atom is -0.465 e. The Morgan fingerprint density at radius 1 is 1.16 bits per heavy atom. The molecule has 2 aromatic rings. The van der Waals surface area contributed by atoms with Crippen molar-refractivity contribution >= 4 is 29.5 Å². The van der Waals surface area contributed by atoms with Crippen molar-refractivity contribution in [3.63, 3.8) is 0 Å². The number of H-pyrrole nitrogens is 1. The van der Waals surface area contributed by atoms with Crippen LogP contribution in [-0.4, -0.2) is 35.9 Å². The van der Waals surface area contributed by atoms with Gasteiger partial charge < -0.3 is 19.2 Å². The van der Waals surface area contributed by atoms with E-state index in [1.54, 1.807) is 0 Å². The number of hydrogen-bond acceptors (Lipinski definition) is 6. The van der Waals surface area contributed by atoms with Gasteiger partial charge in [-0.25, -0.2) is 0 Å². The van der Waals surface area contributed by atoms with Crippen molar-refractivity contribution in [2.45, 2.75) is 42.6 Å². The van der Waals surface area contributed by atoms with Crippen molar-refractivity contribution < 1.29 is 19.0 Å². The summed E-state index contributed by atoms with van der Waals surface area (Å²) in [4.78, 5) is 16.6. The van der Waals surface area contributed by atoms with Crippen LogP contribution in [0.3, 0.4) is 0 Å². The summed E-state index contributed by atoms with van der Waals surface area (Å²) in [5.74, 6) is 3.80. The van der Waals surface area contributed by atoms with E-state index in [0.717, 1.165) is 48.0 Å². The summed E-state index contributed by atoms with van der Waals surface area (Å²) in [5.41, 5.74) is 2.36. The Labute approximate surface area is 192 Å². The molecule has 3 aliphatic rings. The number of unbranched alkanes of at least 4 members (excludes halogenated alkanes) is 1. The topological polar surface area (TPSA) is 60.6 Å². The van der Waals surface area contributed by atoms with E-state index < -0.39 is 0 Å². The van der Waals surface area contributed by atoms with Gasteiger partial charge in [-0.15, -0.1) is 23.5 Å². The smallest absolute Gasteiger partial charge is 0.310 e. The Bertz CT molecular complexity index is 910. The standard InChI is InChI=1S/C24H29NO4S2/c1-2-3-6-17(19-7-4-10-25-19)22-18(14-27-23(22)26)24(30-11-5-12-31-24)16-8-9-20-21(13-16)29-15-28-20/h4,7-10,13,17-18,22,25H,2-3,5-6,11-12,14-15H2,1H3/t17-,18+,22-/m1/s1. The van der Waals surface area contributed by atoms with Crippen molar-refractivity contribution in [3.8, 4) is 11.5 Å². The summed E-state index contributed by atoms with van der Waals surface area (Å²) < 4.78 is 16.8. The normalized spacial score (nSPS) is 25.4. The van der Waals surface area contributed by atoms with E-state index in [0.29, 0.717) is 6.61 Å². The van der Waals surface area contributed by atoms with Crippen LogP contribution in [0.25, 0.3) is 0 Å². The molecular weight excluding hydrogens is 430 g/mol. The summed E-state index contributed by atoms with van der Waals surface area (Å²) >= 11 is 3.95. The minimum atomic E-state index is -0.229. The first-order valence-corrected chi connectivity index (χ1v) is 13.2. The molecule has 0 aliphatic carbocycles. The predicted molar refractivity (Wildman–Crippen MR) is 125 cm³/mol. The second kappa shape index (κ2) is 9.02. The van der Waals surface area contributed by atoms with Gasteiger partial charge in [-0.05, 0) is 54.2 Å². The second-order valence-electron chi connectivity index (χ2n) is 8.42. The molecule has 0 radical (unpaired) electrons. The number of benzene rings is 1. The van der Waals surface area contributed by atoms with Gasteiger partial charge in [-0.1, -0.05) is 25.8 Å². The van der Waals surface area contributed by atoms with Gasteiger partial charge in [0.25, 0.3) is 0 Å². The van der Waals surface area contributed by atoms with E-state index in [-0.39, 0.29) is 34.6 Å². The minimum absolute atomic E-state index is 0.0485. The lowest BCUT2D eigenvalue weighted by molar-refractivity contribution is -0.142. The van der Waals surface area contributed by atoms with Crippen LogP contribution in [-0.2, 0) is 13.6 Å². The number of fused-ring (bicyclic) bond motifs is 1. The third kappa shape index (κ3) is 3.84. The highest BCUT2D eigenvalue weighted by Gasteiger charge is 2.55. The molecular formula is C24H29NO4S2. The number of carbonyl (C=O) groups is 1. The van der Waals surface area contributed by atoms with Crippen LogP contribution in [0.2, 0.25) is 0 Å². The Hall–Kier alpha value is -1.73. The number of esters is 1. The molecule has 5 rings (SSSR count). The van der Waals surface area contributed by atoms with Crippen molar-refractivity contribution in [2.75, 3.05) is 24.9 Å². The Kier molecular flexibility index (Phi) is 6.15. The summed E-state index contributed by atoms with van der Waals surface area (Å²) in [6, 6.07) is 10.5. The fourth-order valence-corrected chi connectivity index (χ4v) is 8.76. The highest BCUT2D eigenvalue weighted by Crippen LogP contribution is 2.61. The maximum atomic E-state index is 13.2. The number of cyclic esters (lactones) is 1. The van der Waals surface area contributed by atoms with E-state index in [1.807, 2.05) is 41.9 Å². The third-order valence-corrected chi connectivity index (χ3v) is 10.2. The largest absolute Gasteiger partial charge is 0.465 e. The molecule has 3 atom stereocenters. The molecule has 7 heteroatoms. The molecule has 0 spiro atoms. The monoisotopic (exact) mass is 459 g/mol. The van der Waals surface area contributed by atoms with Crippen LogP contribution in [0.1, 0.15) is 49.8 Å². The van der Waals surface area contributed by atoms with Crippen LogP contribution in [0.15, 0.2) is 36.5 Å². The zero-order chi connectivity index (χ0) is 21.3. The van der Waals surface area contributed by atoms with E-state index in [4.69, 9.17) is 14.2 Å². The first kappa shape index (κ1) is 21.1. The van der Waals surface area contributed by atoms with E-state index in [2.05, 4.69) is 30.1 Å².